The Labute approximate surface area is 164 Å². The van der Waals surface area contributed by atoms with Crippen molar-refractivity contribution in [2.45, 2.75) is 32.4 Å². The standard InChI is InChI=1S/C19H18N4O4S/c1-11-7-15(14-3-2-6-26-14)27-19(25)16(11)17(24)22-8-12-10-28-18(23-12)13-9-20-4-5-21-13/h4-5,7,9-10,14H,2-3,6,8H2,1H3,(H,22,24). The summed E-state index contributed by atoms with van der Waals surface area (Å²) in [5.41, 5.74) is 1.27. The number of nitrogens with zero attached hydrogens (tertiary/aromatic N) is 3. The molecular weight excluding hydrogens is 380 g/mol. The molecule has 1 N–H and O–H groups in total. The lowest BCUT2D eigenvalue weighted by Gasteiger charge is -2.11. The molecule has 8 nitrogen and oxygen atoms in total. The van der Waals surface area contributed by atoms with Crippen LogP contribution in [0.2, 0.25) is 0 Å². The van der Waals surface area contributed by atoms with Crippen LogP contribution in [0.1, 0.15) is 46.3 Å². The molecule has 28 heavy (non-hydrogen) atoms. The molecule has 0 spiro atoms. The van der Waals surface area contributed by atoms with Gasteiger partial charge in [0.2, 0.25) is 0 Å². The molecule has 1 aliphatic rings. The zero-order chi connectivity index (χ0) is 19.5. The molecule has 0 aromatic carbocycles. The normalized spacial score (nSPS) is 16.2. The number of aryl methyl sites for hydroxylation is 1. The Hall–Kier alpha value is -2.91. The average molecular weight is 398 g/mol. The predicted molar refractivity (Wildman–Crippen MR) is 102 cm³/mol. The molecule has 4 heterocycles. The summed E-state index contributed by atoms with van der Waals surface area (Å²) >= 11 is 1.41. The van der Waals surface area contributed by atoms with E-state index in [0.717, 1.165) is 12.8 Å². The van der Waals surface area contributed by atoms with Crippen molar-refractivity contribution in [1.29, 1.82) is 0 Å². The topological polar surface area (TPSA) is 107 Å². The molecule has 0 bridgehead atoms. The highest BCUT2D eigenvalue weighted by atomic mass is 32.1. The number of amides is 1. The van der Waals surface area contributed by atoms with Crippen LogP contribution in [0.15, 0.2) is 39.2 Å². The first-order valence-corrected chi connectivity index (χ1v) is 9.75. The van der Waals surface area contributed by atoms with Crippen LogP contribution in [0.4, 0.5) is 0 Å². The minimum absolute atomic E-state index is 0.00567. The summed E-state index contributed by atoms with van der Waals surface area (Å²) in [7, 11) is 0. The molecular formula is C19H18N4O4S. The van der Waals surface area contributed by atoms with Crippen LogP contribution in [0.5, 0.6) is 0 Å². The molecule has 1 atom stereocenters. The molecule has 144 valence electrons. The quantitative estimate of drug-likeness (QED) is 0.704. The Morgan fingerprint density at radius 3 is 3.00 bits per heavy atom. The highest BCUT2D eigenvalue weighted by Gasteiger charge is 2.24. The van der Waals surface area contributed by atoms with Gasteiger partial charge in [-0.25, -0.2) is 9.78 Å². The van der Waals surface area contributed by atoms with Gasteiger partial charge in [0.05, 0.1) is 18.4 Å². The molecule has 3 aromatic rings. The zero-order valence-electron chi connectivity index (χ0n) is 15.2. The first-order chi connectivity index (χ1) is 13.6. The third kappa shape index (κ3) is 3.85. The highest BCUT2D eigenvalue weighted by Crippen LogP contribution is 2.28. The van der Waals surface area contributed by atoms with Crippen LogP contribution < -0.4 is 10.9 Å². The fraction of sp³-hybridized carbons (Fsp3) is 0.316. The number of thiazole rings is 1. The molecule has 1 unspecified atom stereocenters. The first-order valence-electron chi connectivity index (χ1n) is 8.87. The number of hydrogen-bond donors (Lipinski definition) is 1. The van der Waals surface area contributed by atoms with E-state index in [1.54, 1.807) is 31.6 Å². The Morgan fingerprint density at radius 2 is 2.29 bits per heavy atom. The second-order valence-electron chi connectivity index (χ2n) is 6.41. The molecule has 1 saturated heterocycles. The summed E-state index contributed by atoms with van der Waals surface area (Å²) < 4.78 is 10.9. The average Bonchev–Trinajstić information content (AvgIpc) is 3.39. The fourth-order valence-electron chi connectivity index (χ4n) is 3.04. The number of rotatable bonds is 5. The minimum Gasteiger partial charge on any atom is -0.424 e. The fourth-order valence-corrected chi connectivity index (χ4v) is 3.82. The van der Waals surface area contributed by atoms with E-state index < -0.39 is 11.5 Å². The first kappa shape index (κ1) is 18.5. The van der Waals surface area contributed by atoms with Gasteiger partial charge in [-0.2, -0.15) is 0 Å². The summed E-state index contributed by atoms with van der Waals surface area (Å²) in [6, 6.07) is 1.71. The lowest BCUT2D eigenvalue weighted by Crippen LogP contribution is -2.29. The summed E-state index contributed by atoms with van der Waals surface area (Å²) in [6.07, 6.45) is 6.35. The largest absolute Gasteiger partial charge is 0.424 e. The van der Waals surface area contributed by atoms with E-state index in [1.807, 2.05) is 5.38 Å². The van der Waals surface area contributed by atoms with Gasteiger partial charge in [0.25, 0.3) is 5.91 Å². The summed E-state index contributed by atoms with van der Waals surface area (Å²) in [4.78, 5) is 37.5. The van der Waals surface area contributed by atoms with Crippen molar-refractivity contribution in [1.82, 2.24) is 20.3 Å². The van der Waals surface area contributed by atoms with Crippen molar-refractivity contribution >= 4 is 17.2 Å². The molecule has 1 fully saturated rings. The van der Waals surface area contributed by atoms with E-state index in [0.29, 0.717) is 34.3 Å². The Balaban J connectivity index is 1.45. The van der Waals surface area contributed by atoms with Gasteiger partial charge in [-0.1, -0.05) is 0 Å². The van der Waals surface area contributed by atoms with Crippen LogP contribution in [0.3, 0.4) is 0 Å². The lowest BCUT2D eigenvalue weighted by molar-refractivity contribution is 0.0882. The zero-order valence-corrected chi connectivity index (χ0v) is 16.0. The van der Waals surface area contributed by atoms with Gasteiger partial charge < -0.3 is 14.5 Å². The van der Waals surface area contributed by atoms with E-state index in [4.69, 9.17) is 9.15 Å². The maximum absolute atomic E-state index is 12.5. The van der Waals surface area contributed by atoms with Crippen LogP contribution in [-0.2, 0) is 11.3 Å². The van der Waals surface area contributed by atoms with Gasteiger partial charge in [-0.3, -0.25) is 14.8 Å². The highest BCUT2D eigenvalue weighted by molar-refractivity contribution is 7.13. The summed E-state index contributed by atoms with van der Waals surface area (Å²) in [5, 5.41) is 5.28. The van der Waals surface area contributed by atoms with Crippen LogP contribution in [0, 0.1) is 6.92 Å². The van der Waals surface area contributed by atoms with Crippen molar-refractivity contribution in [2.75, 3.05) is 6.61 Å². The van der Waals surface area contributed by atoms with Gasteiger partial charge in [0.15, 0.2) is 0 Å². The predicted octanol–water partition coefficient (Wildman–Crippen LogP) is 2.64. The molecule has 1 amide bonds. The SMILES string of the molecule is Cc1cc(C2CCCO2)oc(=O)c1C(=O)NCc1csc(-c2cnccn2)n1. The number of aromatic nitrogens is 3. The van der Waals surface area contributed by atoms with Gasteiger partial charge in [0.1, 0.15) is 28.1 Å². The molecule has 0 aliphatic carbocycles. The maximum Gasteiger partial charge on any atom is 0.349 e. The van der Waals surface area contributed by atoms with Gasteiger partial charge in [-0.15, -0.1) is 11.3 Å². The van der Waals surface area contributed by atoms with Gasteiger partial charge in [-0.05, 0) is 31.4 Å². The second kappa shape index (κ2) is 7.99. The third-order valence-electron chi connectivity index (χ3n) is 4.41. The van der Waals surface area contributed by atoms with Gasteiger partial charge >= 0.3 is 5.63 Å². The number of nitrogens with one attached hydrogen (secondary N) is 1. The van der Waals surface area contributed by atoms with Crippen molar-refractivity contribution in [3.63, 3.8) is 0 Å². The van der Waals surface area contributed by atoms with Crippen LogP contribution in [0.25, 0.3) is 10.7 Å². The number of ether oxygens (including phenoxy) is 1. The van der Waals surface area contributed by atoms with E-state index in [2.05, 4.69) is 20.3 Å². The molecule has 1 aliphatic heterocycles. The number of carbonyl (C=O) groups excluding carboxylic acids is 1. The van der Waals surface area contributed by atoms with Crippen molar-refractivity contribution in [3.8, 4) is 10.7 Å². The van der Waals surface area contributed by atoms with Crippen molar-refractivity contribution < 1.29 is 13.9 Å². The van der Waals surface area contributed by atoms with Gasteiger partial charge in [0, 0.05) is 24.4 Å². The summed E-state index contributed by atoms with van der Waals surface area (Å²) in [6.45, 7) is 2.57. The third-order valence-corrected chi connectivity index (χ3v) is 5.32. The number of hydrogen-bond acceptors (Lipinski definition) is 8. The van der Waals surface area contributed by atoms with E-state index in [1.165, 1.54) is 11.3 Å². The maximum atomic E-state index is 12.5. The Bertz CT molecular complexity index is 1040. The molecule has 4 rings (SSSR count). The van der Waals surface area contributed by atoms with Crippen molar-refractivity contribution in [2.24, 2.45) is 0 Å². The molecule has 0 saturated carbocycles. The van der Waals surface area contributed by atoms with E-state index >= 15 is 0 Å². The smallest absolute Gasteiger partial charge is 0.349 e. The van der Waals surface area contributed by atoms with Crippen molar-refractivity contribution in [3.05, 3.63) is 63.0 Å². The Kier molecular flexibility index (Phi) is 5.27. The lowest BCUT2D eigenvalue weighted by atomic mass is 10.1. The van der Waals surface area contributed by atoms with E-state index in [-0.39, 0.29) is 18.2 Å². The molecule has 9 heteroatoms. The van der Waals surface area contributed by atoms with Crippen LogP contribution in [-0.4, -0.2) is 27.5 Å². The molecule has 0 radical (unpaired) electrons. The van der Waals surface area contributed by atoms with Crippen LogP contribution >= 0.6 is 11.3 Å². The van der Waals surface area contributed by atoms with E-state index in [9.17, 15) is 9.59 Å². The second-order valence-corrected chi connectivity index (χ2v) is 7.27. The minimum atomic E-state index is -0.651. The monoisotopic (exact) mass is 398 g/mol. The molecule has 3 aromatic heterocycles. The Morgan fingerprint density at radius 1 is 1.39 bits per heavy atom. The number of carbonyl (C=O) groups is 1. The summed E-state index contributed by atoms with van der Waals surface area (Å²) in [5.74, 6) is -0.0103.